The summed E-state index contributed by atoms with van der Waals surface area (Å²) in [5.41, 5.74) is 6.99. The lowest BCUT2D eigenvalue weighted by Crippen LogP contribution is -2.33. The first-order valence-corrected chi connectivity index (χ1v) is 11.3. The van der Waals surface area contributed by atoms with E-state index in [9.17, 15) is 9.90 Å². The smallest absolute Gasteiger partial charge is 0.307 e. The minimum absolute atomic E-state index is 0.101. The van der Waals surface area contributed by atoms with Crippen molar-refractivity contribution in [2.75, 3.05) is 0 Å². The number of carboxylic acid groups (broad SMARTS) is 1. The Labute approximate surface area is 179 Å². The molecule has 2 atom stereocenters. The Morgan fingerprint density at radius 1 is 0.967 bits per heavy atom. The lowest BCUT2D eigenvalue weighted by Gasteiger charge is -2.42. The Hall–Kier alpha value is -2.29. The quantitative estimate of drug-likeness (QED) is 0.690. The van der Waals surface area contributed by atoms with E-state index in [0.29, 0.717) is 6.61 Å². The van der Waals surface area contributed by atoms with Crippen LogP contribution in [0.1, 0.15) is 81.2 Å². The van der Waals surface area contributed by atoms with Gasteiger partial charge in [0, 0.05) is 5.41 Å². The molecular formula is C27H32O3. The zero-order valence-corrected chi connectivity index (χ0v) is 18.5. The molecule has 0 unspecified atom stereocenters. The van der Waals surface area contributed by atoms with Gasteiger partial charge in [0.05, 0.1) is 5.92 Å². The van der Waals surface area contributed by atoms with Gasteiger partial charge in [-0.15, -0.1) is 0 Å². The van der Waals surface area contributed by atoms with Gasteiger partial charge in [0.2, 0.25) is 0 Å². The molecule has 1 saturated carbocycles. The molecule has 30 heavy (non-hydrogen) atoms. The van der Waals surface area contributed by atoms with Crippen LogP contribution in [0.25, 0.3) is 0 Å². The van der Waals surface area contributed by atoms with Crippen LogP contribution in [0.2, 0.25) is 0 Å². The molecule has 1 N–H and O–H groups in total. The van der Waals surface area contributed by atoms with E-state index in [4.69, 9.17) is 4.74 Å². The number of fused-ring (bicyclic) bond motifs is 3. The van der Waals surface area contributed by atoms with Crippen molar-refractivity contribution in [3.8, 4) is 5.75 Å². The fraction of sp³-hybridized carbons (Fsp3) is 0.519. The minimum Gasteiger partial charge on any atom is -0.489 e. The van der Waals surface area contributed by atoms with Crippen molar-refractivity contribution in [3.05, 3.63) is 64.2 Å². The zero-order chi connectivity index (χ0) is 21.3. The van der Waals surface area contributed by atoms with Gasteiger partial charge < -0.3 is 9.84 Å². The Morgan fingerprint density at radius 3 is 2.37 bits per heavy atom. The van der Waals surface area contributed by atoms with Gasteiger partial charge >= 0.3 is 5.97 Å². The van der Waals surface area contributed by atoms with Gasteiger partial charge in [-0.1, -0.05) is 52.0 Å². The van der Waals surface area contributed by atoms with E-state index in [1.807, 2.05) is 6.07 Å². The van der Waals surface area contributed by atoms with Crippen molar-refractivity contribution in [1.82, 2.24) is 0 Å². The third kappa shape index (κ3) is 2.97. The molecule has 0 radical (unpaired) electrons. The maximum absolute atomic E-state index is 11.4. The summed E-state index contributed by atoms with van der Waals surface area (Å²) in [6.07, 6.45) is 5.14. The van der Waals surface area contributed by atoms with Gasteiger partial charge in [-0.2, -0.15) is 0 Å². The number of benzene rings is 2. The maximum atomic E-state index is 11.4. The summed E-state index contributed by atoms with van der Waals surface area (Å²) in [6, 6.07) is 13.1. The van der Waals surface area contributed by atoms with Crippen LogP contribution in [0.4, 0.5) is 0 Å². The number of aryl methyl sites for hydroxylation is 1. The zero-order valence-electron chi connectivity index (χ0n) is 18.5. The van der Waals surface area contributed by atoms with Crippen molar-refractivity contribution in [1.29, 1.82) is 0 Å². The molecule has 3 heteroatoms. The second-order valence-electron chi connectivity index (χ2n) is 11.0. The second kappa shape index (κ2) is 6.35. The molecule has 2 aromatic rings. The molecule has 3 aliphatic rings. The van der Waals surface area contributed by atoms with Crippen molar-refractivity contribution >= 4 is 5.97 Å². The topological polar surface area (TPSA) is 46.5 Å². The van der Waals surface area contributed by atoms with E-state index in [1.165, 1.54) is 40.7 Å². The van der Waals surface area contributed by atoms with Crippen molar-refractivity contribution in [2.45, 2.75) is 82.7 Å². The number of hydrogen-bond acceptors (Lipinski definition) is 2. The van der Waals surface area contributed by atoms with E-state index in [2.05, 4.69) is 58.0 Å². The van der Waals surface area contributed by atoms with Gasteiger partial charge in [0.25, 0.3) is 0 Å². The lowest BCUT2D eigenvalue weighted by molar-refractivity contribution is -0.139. The highest BCUT2D eigenvalue weighted by Crippen LogP contribution is 2.61. The number of aliphatic carboxylic acids is 1. The van der Waals surface area contributed by atoms with E-state index in [1.54, 1.807) is 0 Å². The normalized spacial score (nSPS) is 27.4. The van der Waals surface area contributed by atoms with Gasteiger partial charge in [0.15, 0.2) is 0 Å². The van der Waals surface area contributed by atoms with Gasteiger partial charge in [-0.3, -0.25) is 4.79 Å². The molecule has 1 fully saturated rings. The van der Waals surface area contributed by atoms with Crippen LogP contribution < -0.4 is 4.74 Å². The molecule has 3 nitrogen and oxygen atoms in total. The standard InChI is InChI=1S/C27H32O3/c1-25(2)11-12-26(3,4)22-13-17(5-7-21(22)25)16-30-19-6-8-20-18(14-19)9-10-27(20)15-23(27)24(28)29/h5-8,13-14,23H,9-12,15-16H2,1-4H3,(H,28,29)/t23-,27-/m0/s1. The van der Waals surface area contributed by atoms with E-state index in [0.717, 1.165) is 25.0 Å². The van der Waals surface area contributed by atoms with Crippen LogP contribution in [0.5, 0.6) is 5.75 Å². The predicted molar refractivity (Wildman–Crippen MR) is 118 cm³/mol. The molecule has 0 bridgehead atoms. The van der Waals surface area contributed by atoms with Gasteiger partial charge in [0.1, 0.15) is 12.4 Å². The van der Waals surface area contributed by atoms with Crippen LogP contribution in [0.15, 0.2) is 36.4 Å². The Bertz CT molecular complexity index is 1030. The molecular weight excluding hydrogens is 372 g/mol. The fourth-order valence-corrected chi connectivity index (χ4v) is 5.94. The largest absolute Gasteiger partial charge is 0.489 e. The number of rotatable bonds is 4. The van der Waals surface area contributed by atoms with Crippen LogP contribution in [-0.4, -0.2) is 11.1 Å². The average Bonchev–Trinajstić information content (AvgIpc) is 3.33. The summed E-state index contributed by atoms with van der Waals surface area (Å²) in [7, 11) is 0. The fourth-order valence-electron chi connectivity index (χ4n) is 5.94. The molecule has 1 spiro atoms. The maximum Gasteiger partial charge on any atom is 0.307 e. The highest BCUT2D eigenvalue weighted by molar-refractivity contribution is 5.78. The number of carbonyl (C=O) groups is 1. The van der Waals surface area contributed by atoms with Crippen LogP contribution >= 0.6 is 0 Å². The molecule has 3 aliphatic carbocycles. The molecule has 0 heterocycles. The first-order valence-electron chi connectivity index (χ1n) is 11.3. The first kappa shape index (κ1) is 19.7. The first-order chi connectivity index (χ1) is 14.1. The molecule has 2 aromatic carbocycles. The van der Waals surface area contributed by atoms with Crippen molar-refractivity contribution in [3.63, 3.8) is 0 Å². The Kier molecular flexibility index (Phi) is 4.16. The van der Waals surface area contributed by atoms with Gasteiger partial charge in [-0.05, 0) is 82.9 Å². The second-order valence-corrected chi connectivity index (χ2v) is 11.0. The summed E-state index contributed by atoms with van der Waals surface area (Å²) >= 11 is 0. The average molecular weight is 405 g/mol. The minimum atomic E-state index is -0.651. The molecule has 158 valence electrons. The number of carboxylic acids is 1. The summed E-state index contributed by atoms with van der Waals surface area (Å²) in [4.78, 5) is 11.4. The Balaban J connectivity index is 1.34. The summed E-state index contributed by atoms with van der Waals surface area (Å²) in [5.74, 6) is 0.0333. The van der Waals surface area contributed by atoms with E-state index < -0.39 is 5.97 Å². The SMILES string of the molecule is CC1(C)CCC(C)(C)c2cc(COc3ccc4c(c3)CC[C@]43C[C@H]3C(=O)O)ccc21. The van der Waals surface area contributed by atoms with Gasteiger partial charge in [-0.25, -0.2) is 0 Å². The summed E-state index contributed by atoms with van der Waals surface area (Å²) in [6.45, 7) is 9.97. The number of hydrogen-bond donors (Lipinski definition) is 1. The highest BCUT2D eigenvalue weighted by Gasteiger charge is 2.61. The third-order valence-corrected chi connectivity index (χ3v) is 8.15. The van der Waals surface area contributed by atoms with E-state index in [-0.39, 0.29) is 22.2 Å². The van der Waals surface area contributed by atoms with Crippen molar-refractivity contribution < 1.29 is 14.6 Å². The molecule has 0 amide bonds. The summed E-state index contributed by atoms with van der Waals surface area (Å²) < 4.78 is 6.18. The molecule has 0 saturated heterocycles. The Morgan fingerprint density at radius 2 is 1.67 bits per heavy atom. The molecule has 5 rings (SSSR count). The van der Waals surface area contributed by atoms with Crippen LogP contribution in [0.3, 0.4) is 0 Å². The lowest BCUT2D eigenvalue weighted by atomic mass is 9.63. The summed E-state index contributed by atoms with van der Waals surface area (Å²) in [5, 5.41) is 9.40. The van der Waals surface area contributed by atoms with E-state index >= 15 is 0 Å². The van der Waals surface area contributed by atoms with Crippen LogP contribution in [0, 0.1) is 5.92 Å². The highest BCUT2D eigenvalue weighted by atomic mass is 16.5. The predicted octanol–water partition coefficient (Wildman–Crippen LogP) is 5.90. The third-order valence-electron chi connectivity index (χ3n) is 8.15. The molecule has 0 aliphatic heterocycles. The monoisotopic (exact) mass is 404 g/mol. The molecule has 0 aromatic heterocycles. The number of ether oxygens (including phenoxy) is 1. The van der Waals surface area contributed by atoms with Crippen LogP contribution in [-0.2, 0) is 34.1 Å². The van der Waals surface area contributed by atoms with Crippen molar-refractivity contribution in [2.24, 2.45) is 5.92 Å².